The van der Waals surface area contributed by atoms with Crippen molar-refractivity contribution in [3.8, 4) is 0 Å². The highest BCUT2D eigenvalue weighted by Gasteiger charge is 2.10. The molecule has 0 bridgehead atoms. The fraction of sp³-hybridized carbons (Fsp3) is 0.636. The molecule has 1 aliphatic rings. The second kappa shape index (κ2) is 6.01. The maximum Gasteiger partial charge on any atom is 0.148 e. The summed E-state index contributed by atoms with van der Waals surface area (Å²) in [4.78, 5) is 10.4. The highest BCUT2D eigenvalue weighted by molar-refractivity contribution is 6.32. The molecule has 0 spiro atoms. The maximum absolute atomic E-state index is 5.93. The zero-order valence-electron chi connectivity index (χ0n) is 9.32. The van der Waals surface area contributed by atoms with E-state index in [1.807, 2.05) is 0 Å². The van der Waals surface area contributed by atoms with Gasteiger partial charge in [0.25, 0.3) is 0 Å². The molecule has 0 saturated carbocycles. The lowest BCUT2D eigenvalue weighted by molar-refractivity contribution is 0.337. The number of aromatic nitrogens is 2. The molecule has 1 aromatic rings. The standard InChI is InChI=1S/C11H17ClN4/c12-10-8-13-9-15-11(10)14-4-3-7-16-5-1-2-6-16/h8-9H,1-7H2,(H,13,14,15). The van der Waals surface area contributed by atoms with Crippen molar-refractivity contribution < 1.29 is 0 Å². The van der Waals surface area contributed by atoms with E-state index in [0.29, 0.717) is 5.02 Å². The quantitative estimate of drug-likeness (QED) is 0.800. The summed E-state index contributed by atoms with van der Waals surface area (Å²) in [5.74, 6) is 0.734. The Labute approximate surface area is 101 Å². The first kappa shape index (κ1) is 11.6. The van der Waals surface area contributed by atoms with Crippen molar-refractivity contribution >= 4 is 17.4 Å². The highest BCUT2D eigenvalue weighted by Crippen LogP contribution is 2.15. The number of anilines is 1. The summed E-state index contributed by atoms with van der Waals surface area (Å²) in [6.45, 7) is 4.59. The highest BCUT2D eigenvalue weighted by atomic mass is 35.5. The summed E-state index contributed by atoms with van der Waals surface area (Å²) in [5.41, 5.74) is 0. The van der Waals surface area contributed by atoms with Crippen LogP contribution in [0.25, 0.3) is 0 Å². The summed E-state index contributed by atoms with van der Waals surface area (Å²) < 4.78 is 0. The monoisotopic (exact) mass is 240 g/mol. The molecule has 1 aliphatic heterocycles. The summed E-state index contributed by atoms with van der Waals surface area (Å²) in [6, 6.07) is 0. The van der Waals surface area contributed by atoms with Gasteiger partial charge in [-0.3, -0.25) is 0 Å². The topological polar surface area (TPSA) is 41.1 Å². The summed E-state index contributed by atoms with van der Waals surface area (Å²) in [7, 11) is 0. The van der Waals surface area contributed by atoms with Gasteiger partial charge in [0.15, 0.2) is 0 Å². The summed E-state index contributed by atoms with van der Waals surface area (Å²) in [5, 5.41) is 3.81. The van der Waals surface area contributed by atoms with Crippen LogP contribution >= 0.6 is 11.6 Å². The molecule has 1 aromatic heterocycles. The molecular weight excluding hydrogens is 224 g/mol. The minimum atomic E-state index is 0.587. The molecule has 0 amide bonds. The third kappa shape index (κ3) is 3.32. The van der Waals surface area contributed by atoms with E-state index in [1.54, 1.807) is 6.20 Å². The van der Waals surface area contributed by atoms with Crippen LogP contribution in [-0.2, 0) is 0 Å². The Hall–Kier alpha value is -0.870. The predicted octanol–water partition coefficient (Wildman–Crippen LogP) is 2.03. The average Bonchev–Trinajstić information content (AvgIpc) is 2.79. The van der Waals surface area contributed by atoms with Gasteiger partial charge in [0.05, 0.1) is 6.20 Å². The van der Waals surface area contributed by atoms with Crippen molar-refractivity contribution in [3.63, 3.8) is 0 Å². The van der Waals surface area contributed by atoms with Crippen LogP contribution in [0.4, 0.5) is 5.82 Å². The van der Waals surface area contributed by atoms with Crippen LogP contribution in [0.15, 0.2) is 12.5 Å². The SMILES string of the molecule is Clc1cncnc1NCCCN1CCCC1. The van der Waals surface area contributed by atoms with Crippen molar-refractivity contribution in [2.24, 2.45) is 0 Å². The Morgan fingerprint density at radius 1 is 1.38 bits per heavy atom. The zero-order chi connectivity index (χ0) is 11.2. The molecule has 1 fully saturated rings. The van der Waals surface area contributed by atoms with E-state index in [2.05, 4.69) is 20.2 Å². The van der Waals surface area contributed by atoms with Gasteiger partial charge in [-0.15, -0.1) is 0 Å². The molecule has 16 heavy (non-hydrogen) atoms. The molecule has 88 valence electrons. The van der Waals surface area contributed by atoms with Crippen LogP contribution in [0.5, 0.6) is 0 Å². The number of nitrogens with one attached hydrogen (secondary N) is 1. The van der Waals surface area contributed by atoms with Crippen LogP contribution in [0.3, 0.4) is 0 Å². The second-order valence-corrected chi connectivity index (χ2v) is 4.46. The van der Waals surface area contributed by atoms with Crippen LogP contribution < -0.4 is 5.32 Å². The minimum absolute atomic E-state index is 0.587. The lowest BCUT2D eigenvalue weighted by Crippen LogP contribution is -2.22. The van der Waals surface area contributed by atoms with Crippen molar-refractivity contribution in [1.29, 1.82) is 0 Å². The molecule has 5 heteroatoms. The van der Waals surface area contributed by atoms with E-state index < -0.39 is 0 Å². The molecule has 1 N–H and O–H groups in total. The van der Waals surface area contributed by atoms with Gasteiger partial charge in [0.1, 0.15) is 17.2 Å². The van der Waals surface area contributed by atoms with Crippen LogP contribution in [0.1, 0.15) is 19.3 Å². The van der Waals surface area contributed by atoms with Gasteiger partial charge in [-0.05, 0) is 38.9 Å². The predicted molar refractivity (Wildman–Crippen MR) is 65.8 cm³/mol. The first-order valence-corrected chi connectivity index (χ1v) is 6.16. The summed E-state index contributed by atoms with van der Waals surface area (Å²) in [6.07, 6.45) is 6.95. The molecule has 0 aromatic carbocycles. The Morgan fingerprint density at radius 2 is 2.19 bits per heavy atom. The molecule has 2 rings (SSSR count). The number of nitrogens with zero attached hydrogens (tertiary/aromatic N) is 3. The van der Waals surface area contributed by atoms with Gasteiger partial charge in [-0.25, -0.2) is 9.97 Å². The smallest absolute Gasteiger partial charge is 0.148 e. The molecule has 4 nitrogen and oxygen atoms in total. The molecule has 0 unspecified atom stereocenters. The Bertz CT molecular complexity index is 326. The lowest BCUT2D eigenvalue weighted by Gasteiger charge is -2.14. The van der Waals surface area contributed by atoms with E-state index >= 15 is 0 Å². The largest absolute Gasteiger partial charge is 0.369 e. The Balaban J connectivity index is 1.66. The number of hydrogen-bond donors (Lipinski definition) is 1. The number of halogens is 1. The minimum Gasteiger partial charge on any atom is -0.369 e. The van der Waals surface area contributed by atoms with E-state index in [1.165, 1.54) is 32.3 Å². The van der Waals surface area contributed by atoms with E-state index in [4.69, 9.17) is 11.6 Å². The van der Waals surface area contributed by atoms with E-state index in [9.17, 15) is 0 Å². The van der Waals surface area contributed by atoms with Gasteiger partial charge in [-0.2, -0.15) is 0 Å². The first-order chi connectivity index (χ1) is 7.86. The molecule has 0 atom stereocenters. The number of likely N-dealkylation sites (tertiary alicyclic amines) is 1. The van der Waals surface area contributed by atoms with Gasteiger partial charge in [0.2, 0.25) is 0 Å². The van der Waals surface area contributed by atoms with Crippen molar-refractivity contribution in [2.45, 2.75) is 19.3 Å². The van der Waals surface area contributed by atoms with Gasteiger partial charge in [0, 0.05) is 6.54 Å². The molecule has 1 saturated heterocycles. The zero-order valence-corrected chi connectivity index (χ0v) is 10.1. The van der Waals surface area contributed by atoms with Gasteiger partial charge >= 0.3 is 0 Å². The van der Waals surface area contributed by atoms with E-state index in [-0.39, 0.29) is 0 Å². The van der Waals surface area contributed by atoms with Crippen LogP contribution in [0, 0.1) is 0 Å². The second-order valence-electron chi connectivity index (χ2n) is 4.05. The average molecular weight is 241 g/mol. The van der Waals surface area contributed by atoms with E-state index in [0.717, 1.165) is 25.3 Å². The normalized spacial score (nSPS) is 16.6. The summed E-state index contributed by atoms with van der Waals surface area (Å²) >= 11 is 5.93. The third-order valence-electron chi connectivity index (χ3n) is 2.81. The third-order valence-corrected chi connectivity index (χ3v) is 3.09. The lowest BCUT2D eigenvalue weighted by atomic mass is 10.4. The maximum atomic E-state index is 5.93. The molecular formula is C11H17ClN4. The molecule has 0 aliphatic carbocycles. The fourth-order valence-electron chi connectivity index (χ4n) is 1.96. The van der Waals surface area contributed by atoms with Crippen molar-refractivity contribution in [3.05, 3.63) is 17.5 Å². The van der Waals surface area contributed by atoms with Crippen molar-refractivity contribution in [1.82, 2.24) is 14.9 Å². The molecule has 2 heterocycles. The van der Waals surface area contributed by atoms with Gasteiger partial charge < -0.3 is 10.2 Å². The van der Waals surface area contributed by atoms with Crippen LogP contribution in [0.2, 0.25) is 5.02 Å². The van der Waals surface area contributed by atoms with Crippen LogP contribution in [-0.4, -0.2) is 41.0 Å². The Kier molecular flexibility index (Phi) is 4.36. The fourth-order valence-corrected chi connectivity index (χ4v) is 2.13. The van der Waals surface area contributed by atoms with Gasteiger partial charge in [-0.1, -0.05) is 11.6 Å². The number of hydrogen-bond acceptors (Lipinski definition) is 4. The Morgan fingerprint density at radius 3 is 2.94 bits per heavy atom. The molecule has 0 radical (unpaired) electrons. The number of rotatable bonds is 5. The first-order valence-electron chi connectivity index (χ1n) is 5.78. The van der Waals surface area contributed by atoms with Crippen molar-refractivity contribution in [2.75, 3.05) is 31.5 Å².